The summed E-state index contributed by atoms with van der Waals surface area (Å²) in [5.74, 6) is 1.26. The second kappa shape index (κ2) is 9.36. The lowest BCUT2D eigenvalue weighted by Crippen LogP contribution is -2.58. The fourth-order valence-electron chi connectivity index (χ4n) is 10.0. The number of aromatic amines is 1. The summed E-state index contributed by atoms with van der Waals surface area (Å²) >= 11 is 0. The lowest BCUT2D eigenvalue weighted by molar-refractivity contribution is -0.174. The molecule has 1 unspecified atom stereocenters. The lowest BCUT2D eigenvalue weighted by Gasteiger charge is -2.62. The van der Waals surface area contributed by atoms with E-state index < -0.39 is 17.2 Å². The highest BCUT2D eigenvalue weighted by molar-refractivity contribution is 5.77. The van der Waals surface area contributed by atoms with Crippen molar-refractivity contribution in [1.82, 2.24) is 9.97 Å². The van der Waals surface area contributed by atoms with Crippen LogP contribution in [0.4, 0.5) is 8.78 Å². The third-order valence-electron chi connectivity index (χ3n) is 12.0. The van der Waals surface area contributed by atoms with E-state index in [4.69, 9.17) is 0 Å². The van der Waals surface area contributed by atoms with E-state index in [9.17, 15) is 23.8 Å². The molecule has 4 aliphatic rings. The number of H-pyrrole nitrogens is 1. The van der Waals surface area contributed by atoms with Gasteiger partial charge in [0, 0.05) is 12.5 Å². The molecule has 38 heavy (non-hydrogen) atoms. The van der Waals surface area contributed by atoms with Gasteiger partial charge >= 0.3 is 0 Å². The molecule has 5 nitrogen and oxygen atoms in total. The molecule has 4 aliphatic carbocycles. The number of aliphatic hydroxyl groups excluding tert-OH is 2. The second-order valence-corrected chi connectivity index (χ2v) is 13.8. The molecular weight excluding hydrogens is 486 g/mol. The van der Waals surface area contributed by atoms with E-state index in [2.05, 4.69) is 30.7 Å². The predicted octanol–water partition coefficient (Wildman–Crippen LogP) is 5.76. The van der Waals surface area contributed by atoms with Crippen molar-refractivity contribution in [3.63, 3.8) is 0 Å². The maximum Gasteiger partial charge on any atom is 0.258 e. The number of fused-ring (bicyclic) bond motifs is 6. The highest BCUT2D eigenvalue weighted by Crippen LogP contribution is 2.68. The molecule has 0 saturated heterocycles. The second-order valence-electron chi connectivity index (χ2n) is 13.8. The maximum absolute atomic E-state index is 13.8. The molecule has 0 aliphatic heterocycles. The molecule has 208 valence electrons. The zero-order valence-corrected chi connectivity index (χ0v) is 22.9. The molecule has 1 aromatic heterocycles. The third kappa shape index (κ3) is 4.06. The average molecular weight is 529 g/mol. The number of aryl methyl sites for hydroxylation is 1. The van der Waals surface area contributed by atoms with Crippen LogP contribution in [0.15, 0.2) is 16.9 Å². The molecule has 0 amide bonds. The van der Waals surface area contributed by atoms with Gasteiger partial charge in [-0.3, -0.25) is 4.79 Å². The quantitative estimate of drug-likeness (QED) is 0.471. The number of halogens is 2. The number of aliphatic hydroxyl groups is 2. The molecule has 0 spiro atoms. The van der Waals surface area contributed by atoms with E-state index in [1.165, 1.54) is 6.42 Å². The number of rotatable bonds is 4. The van der Waals surface area contributed by atoms with Crippen molar-refractivity contribution in [2.45, 2.75) is 97.2 Å². The van der Waals surface area contributed by atoms with Crippen LogP contribution in [-0.4, -0.2) is 32.4 Å². The predicted molar refractivity (Wildman–Crippen MR) is 142 cm³/mol. The van der Waals surface area contributed by atoms with Gasteiger partial charge in [0.1, 0.15) is 5.82 Å². The molecule has 2 aromatic rings. The van der Waals surface area contributed by atoms with Gasteiger partial charge in [0.15, 0.2) is 11.6 Å². The van der Waals surface area contributed by atoms with Crippen LogP contribution in [0, 0.1) is 58.0 Å². The number of nitrogens with zero attached hydrogens (tertiary/aromatic N) is 1. The van der Waals surface area contributed by atoms with Crippen LogP contribution < -0.4 is 5.56 Å². The van der Waals surface area contributed by atoms with Crippen molar-refractivity contribution in [2.75, 3.05) is 0 Å². The Bertz CT molecular complexity index is 1280. The third-order valence-corrected chi connectivity index (χ3v) is 12.0. The van der Waals surface area contributed by atoms with Gasteiger partial charge in [-0.2, -0.15) is 0 Å². The molecule has 6 rings (SSSR count). The summed E-state index contributed by atoms with van der Waals surface area (Å²) < 4.78 is 27.3. The van der Waals surface area contributed by atoms with E-state index in [0.29, 0.717) is 47.8 Å². The van der Waals surface area contributed by atoms with E-state index in [-0.39, 0.29) is 33.9 Å². The first-order valence-electron chi connectivity index (χ1n) is 14.8. The molecule has 1 aromatic carbocycles. The molecule has 0 bridgehead atoms. The van der Waals surface area contributed by atoms with Crippen molar-refractivity contribution in [1.29, 1.82) is 0 Å². The Balaban J connectivity index is 1.18. The van der Waals surface area contributed by atoms with E-state index in [0.717, 1.165) is 63.5 Å². The summed E-state index contributed by atoms with van der Waals surface area (Å²) in [6, 6.07) is 1.91. The van der Waals surface area contributed by atoms with Crippen LogP contribution in [0.1, 0.15) is 84.4 Å². The zero-order chi connectivity index (χ0) is 27.0. The van der Waals surface area contributed by atoms with Crippen LogP contribution in [0.2, 0.25) is 0 Å². The Labute approximate surface area is 223 Å². The Hall–Kier alpha value is -1.86. The minimum absolute atomic E-state index is 0.0676. The SMILES string of the molecule is C[C@H](CCc1nc2cc(F)c(F)cc2c(=O)[nH]1)[C@H]1CC[C@H]2[C@H]3C(CC[C@]12C)[C@@]1(C)CC[C@@H](O)C[C@H]1C[C@H]3O. The summed E-state index contributed by atoms with van der Waals surface area (Å²) in [5.41, 5.74) is 0.166. The molecule has 10 atom stereocenters. The fourth-order valence-corrected chi connectivity index (χ4v) is 10.0. The summed E-state index contributed by atoms with van der Waals surface area (Å²) in [5, 5.41) is 21.8. The topological polar surface area (TPSA) is 86.2 Å². The van der Waals surface area contributed by atoms with Gasteiger partial charge in [-0.05, 0) is 110 Å². The van der Waals surface area contributed by atoms with Crippen LogP contribution in [-0.2, 0) is 6.42 Å². The van der Waals surface area contributed by atoms with E-state index in [1.807, 2.05) is 0 Å². The van der Waals surface area contributed by atoms with Gasteiger partial charge in [-0.1, -0.05) is 20.8 Å². The van der Waals surface area contributed by atoms with Crippen molar-refractivity contribution in [3.05, 3.63) is 39.9 Å². The Morgan fingerprint density at radius 1 is 1.03 bits per heavy atom. The summed E-state index contributed by atoms with van der Waals surface area (Å²) in [7, 11) is 0. The summed E-state index contributed by atoms with van der Waals surface area (Å²) in [4.78, 5) is 19.7. The van der Waals surface area contributed by atoms with Gasteiger partial charge in [-0.25, -0.2) is 13.8 Å². The smallest absolute Gasteiger partial charge is 0.258 e. The normalized spacial score (nSPS) is 41.4. The van der Waals surface area contributed by atoms with Gasteiger partial charge in [0.2, 0.25) is 0 Å². The monoisotopic (exact) mass is 528 g/mol. The molecule has 0 radical (unpaired) electrons. The van der Waals surface area contributed by atoms with Crippen LogP contribution >= 0.6 is 0 Å². The van der Waals surface area contributed by atoms with Crippen molar-refractivity contribution >= 4 is 10.9 Å². The average Bonchev–Trinajstić information content (AvgIpc) is 3.22. The number of benzene rings is 1. The first-order valence-corrected chi connectivity index (χ1v) is 14.8. The van der Waals surface area contributed by atoms with Crippen LogP contribution in [0.3, 0.4) is 0 Å². The molecular formula is C31H42F2N2O3. The maximum atomic E-state index is 13.8. The number of nitrogens with one attached hydrogen (secondary N) is 1. The summed E-state index contributed by atoms with van der Waals surface area (Å²) in [6.45, 7) is 7.21. The van der Waals surface area contributed by atoms with Gasteiger partial charge in [0.25, 0.3) is 5.56 Å². The van der Waals surface area contributed by atoms with E-state index in [1.54, 1.807) is 0 Å². The molecule has 4 saturated carbocycles. The molecule has 7 heteroatoms. The first-order chi connectivity index (χ1) is 18.0. The molecule has 1 heterocycles. The molecule has 4 fully saturated rings. The Kier molecular flexibility index (Phi) is 6.50. The minimum Gasteiger partial charge on any atom is -0.393 e. The van der Waals surface area contributed by atoms with Crippen molar-refractivity contribution in [2.24, 2.45) is 46.3 Å². The number of aromatic nitrogens is 2. The number of hydrogen-bond donors (Lipinski definition) is 3. The highest BCUT2D eigenvalue weighted by Gasteiger charge is 2.62. The van der Waals surface area contributed by atoms with Gasteiger partial charge in [-0.15, -0.1) is 0 Å². The standard InChI is InChI=1S/C31H42F2N2O3/c1-16(4-7-27-34-25-15-24(33)23(32)14-19(25)29(38)35-27)20-5-6-21-28-22(9-11-31(20,21)3)30(2)10-8-18(36)12-17(30)13-26(28)37/h14-18,20-22,26,28,36-37H,4-13H2,1-3H3,(H,34,35,38)/t16-,17+,18-,20-,21+,22?,26-,28+,30+,31-/m1/s1. The number of hydrogen-bond acceptors (Lipinski definition) is 4. The Morgan fingerprint density at radius 3 is 2.53 bits per heavy atom. The van der Waals surface area contributed by atoms with Gasteiger partial charge < -0.3 is 15.2 Å². The van der Waals surface area contributed by atoms with Crippen molar-refractivity contribution < 1.29 is 19.0 Å². The highest BCUT2D eigenvalue weighted by atomic mass is 19.2. The summed E-state index contributed by atoms with van der Waals surface area (Å²) in [6.07, 6.45) is 9.23. The lowest BCUT2D eigenvalue weighted by atomic mass is 9.43. The fraction of sp³-hybridized carbons (Fsp3) is 0.742. The zero-order valence-electron chi connectivity index (χ0n) is 22.9. The molecule has 3 N–H and O–H groups in total. The minimum atomic E-state index is -1.04. The van der Waals surface area contributed by atoms with Crippen LogP contribution in [0.25, 0.3) is 10.9 Å². The first kappa shape index (κ1) is 26.4. The van der Waals surface area contributed by atoms with E-state index >= 15 is 0 Å². The van der Waals surface area contributed by atoms with Crippen LogP contribution in [0.5, 0.6) is 0 Å². The largest absolute Gasteiger partial charge is 0.393 e. The van der Waals surface area contributed by atoms with Gasteiger partial charge in [0.05, 0.1) is 23.1 Å². The van der Waals surface area contributed by atoms with Crippen molar-refractivity contribution in [3.8, 4) is 0 Å². The Morgan fingerprint density at radius 2 is 1.74 bits per heavy atom.